The monoisotopic (exact) mass is 154 g/mol. The molecule has 1 aromatic rings. The number of rotatable bonds is 1. The summed E-state index contributed by atoms with van der Waals surface area (Å²) in [7, 11) is 0. The fraction of sp³-hybridized carbons (Fsp3) is 0. The average Bonchev–Trinajstić information content (AvgIpc) is 1.85. The zero-order valence-corrected chi connectivity index (χ0v) is 5.33. The van der Waals surface area contributed by atoms with Gasteiger partial charge in [-0.15, -0.1) is 0 Å². The average molecular weight is 154 g/mol. The molecule has 0 aliphatic rings. The minimum atomic E-state index is -1.47. The molecule has 0 fully saturated rings. The number of aromatic carboxylic acids is 1. The summed E-state index contributed by atoms with van der Waals surface area (Å²) < 4.78 is 0. The van der Waals surface area contributed by atoms with Gasteiger partial charge in [0, 0.05) is 6.20 Å². The van der Waals surface area contributed by atoms with Crippen LogP contribution in [-0.4, -0.2) is 15.9 Å². The molecule has 58 valence electrons. The van der Waals surface area contributed by atoms with Crippen LogP contribution in [-0.2, 0) is 0 Å². The molecule has 0 aliphatic carbocycles. The molecular formula is C5H4N3O3-. The number of aromatic amines is 1. The van der Waals surface area contributed by atoms with E-state index in [4.69, 9.17) is 5.73 Å². The summed E-state index contributed by atoms with van der Waals surface area (Å²) in [6.07, 6.45) is 0.851. The first-order valence-corrected chi connectivity index (χ1v) is 2.67. The molecule has 0 aliphatic heterocycles. The Hall–Kier alpha value is -1.85. The zero-order valence-electron chi connectivity index (χ0n) is 5.33. The van der Waals surface area contributed by atoms with E-state index in [2.05, 4.69) is 4.98 Å². The third kappa shape index (κ3) is 1.34. The van der Waals surface area contributed by atoms with Crippen molar-refractivity contribution in [3.8, 4) is 0 Å². The molecule has 0 radical (unpaired) electrons. The van der Waals surface area contributed by atoms with Crippen LogP contribution in [0.1, 0.15) is 10.4 Å². The van der Waals surface area contributed by atoms with Gasteiger partial charge in [-0.2, -0.15) is 0 Å². The number of aromatic nitrogens is 2. The minimum absolute atomic E-state index is 0.245. The molecule has 0 saturated heterocycles. The summed E-state index contributed by atoms with van der Waals surface area (Å²) in [5, 5.41) is 10.2. The van der Waals surface area contributed by atoms with Gasteiger partial charge < -0.3 is 15.6 Å². The standard InChI is InChI=1S/C5H5N3O3/c6-3-2(4(9)10)1-7-5(11)8-3/h1H,(H,9,10)(H3,6,7,8,11)/p-1. The van der Waals surface area contributed by atoms with Gasteiger partial charge in [0.15, 0.2) is 0 Å². The number of hydrogen-bond acceptors (Lipinski definition) is 5. The van der Waals surface area contributed by atoms with Crippen molar-refractivity contribution in [3.05, 3.63) is 22.2 Å². The molecule has 0 unspecified atom stereocenters. The van der Waals surface area contributed by atoms with Crippen LogP contribution in [0, 0.1) is 0 Å². The van der Waals surface area contributed by atoms with E-state index >= 15 is 0 Å². The summed E-state index contributed by atoms with van der Waals surface area (Å²) in [5.41, 5.74) is 4.10. The van der Waals surface area contributed by atoms with Crippen LogP contribution in [0.15, 0.2) is 11.0 Å². The molecule has 0 aromatic carbocycles. The predicted molar refractivity (Wildman–Crippen MR) is 33.6 cm³/mol. The van der Waals surface area contributed by atoms with Crippen LogP contribution >= 0.6 is 0 Å². The highest BCUT2D eigenvalue weighted by molar-refractivity contribution is 5.90. The smallest absolute Gasteiger partial charge is 0.346 e. The number of carboxylic acids is 1. The fourth-order valence-electron chi connectivity index (χ4n) is 0.570. The third-order valence-corrected chi connectivity index (χ3v) is 1.06. The van der Waals surface area contributed by atoms with Crippen LogP contribution in [0.3, 0.4) is 0 Å². The van der Waals surface area contributed by atoms with Crippen LogP contribution in [0.25, 0.3) is 0 Å². The van der Waals surface area contributed by atoms with Gasteiger partial charge in [-0.3, -0.25) is 4.98 Å². The SMILES string of the molecule is Nc1[nH]c(=O)ncc1C(=O)[O-]. The first kappa shape index (κ1) is 7.26. The second-order valence-electron chi connectivity index (χ2n) is 1.80. The predicted octanol–water partition coefficient (Wildman–Crippen LogP) is -2.28. The largest absolute Gasteiger partial charge is 0.545 e. The Labute approximate surface area is 60.7 Å². The van der Waals surface area contributed by atoms with Gasteiger partial charge in [0.1, 0.15) is 5.82 Å². The normalized spacial score (nSPS) is 9.45. The van der Waals surface area contributed by atoms with Crippen LogP contribution in [0.2, 0.25) is 0 Å². The van der Waals surface area contributed by atoms with Gasteiger partial charge >= 0.3 is 5.69 Å². The van der Waals surface area contributed by atoms with E-state index in [9.17, 15) is 14.7 Å². The fourth-order valence-corrected chi connectivity index (χ4v) is 0.570. The van der Waals surface area contributed by atoms with Crippen LogP contribution in [0.5, 0.6) is 0 Å². The van der Waals surface area contributed by atoms with Crippen molar-refractivity contribution < 1.29 is 9.90 Å². The molecular weight excluding hydrogens is 150 g/mol. The van der Waals surface area contributed by atoms with Gasteiger partial charge in [0.2, 0.25) is 0 Å². The molecule has 0 spiro atoms. The number of nitrogen functional groups attached to an aromatic ring is 1. The number of anilines is 1. The molecule has 0 saturated carbocycles. The number of nitrogens with two attached hydrogens (primary N) is 1. The van der Waals surface area contributed by atoms with Gasteiger partial charge in [0.25, 0.3) is 0 Å². The van der Waals surface area contributed by atoms with Crippen molar-refractivity contribution in [2.45, 2.75) is 0 Å². The van der Waals surface area contributed by atoms with Crippen molar-refractivity contribution in [1.82, 2.24) is 9.97 Å². The van der Waals surface area contributed by atoms with Crippen molar-refractivity contribution in [1.29, 1.82) is 0 Å². The van der Waals surface area contributed by atoms with E-state index in [1.165, 1.54) is 0 Å². The molecule has 1 aromatic heterocycles. The first-order valence-electron chi connectivity index (χ1n) is 2.67. The Morgan fingerprint density at radius 3 is 2.82 bits per heavy atom. The van der Waals surface area contributed by atoms with Crippen molar-refractivity contribution in [2.75, 3.05) is 5.73 Å². The van der Waals surface area contributed by atoms with Gasteiger partial charge in [-0.25, -0.2) is 9.78 Å². The molecule has 1 rings (SSSR count). The summed E-state index contributed by atoms with van der Waals surface area (Å²) in [6.45, 7) is 0. The molecule has 6 nitrogen and oxygen atoms in total. The van der Waals surface area contributed by atoms with Crippen molar-refractivity contribution >= 4 is 11.8 Å². The number of nitrogens with zero attached hydrogens (tertiary/aromatic N) is 1. The zero-order chi connectivity index (χ0) is 8.43. The topological polar surface area (TPSA) is 112 Å². The number of H-pyrrole nitrogens is 1. The molecule has 0 atom stereocenters. The highest BCUT2D eigenvalue weighted by Gasteiger charge is 1.99. The van der Waals surface area contributed by atoms with Gasteiger partial charge in [0.05, 0.1) is 11.5 Å². The molecule has 11 heavy (non-hydrogen) atoms. The van der Waals surface area contributed by atoms with E-state index in [0.29, 0.717) is 0 Å². The molecule has 1 heterocycles. The molecule has 6 heteroatoms. The summed E-state index contributed by atoms with van der Waals surface area (Å²) in [5.74, 6) is -1.71. The maximum absolute atomic E-state index is 10.4. The maximum Gasteiger partial charge on any atom is 0.346 e. The Morgan fingerprint density at radius 2 is 2.36 bits per heavy atom. The van der Waals surface area contributed by atoms with E-state index < -0.39 is 11.7 Å². The lowest BCUT2D eigenvalue weighted by Gasteiger charge is -2.02. The second-order valence-corrected chi connectivity index (χ2v) is 1.80. The Morgan fingerprint density at radius 1 is 1.73 bits per heavy atom. The van der Waals surface area contributed by atoms with Gasteiger partial charge in [-0.05, 0) is 0 Å². The summed E-state index contributed by atoms with van der Waals surface area (Å²) >= 11 is 0. The molecule has 3 N–H and O–H groups in total. The lowest BCUT2D eigenvalue weighted by Crippen LogP contribution is -2.26. The number of carboxylic acid groups (broad SMARTS) is 1. The van der Waals surface area contributed by atoms with Crippen molar-refractivity contribution in [2.24, 2.45) is 0 Å². The van der Waals surface area contributed by atoms with E-state index in [-0.39, 0.29) is 11.4 Å². The van der Waals surface area contributed by atoms with E-state index in [1.54, 1.807) is 0 Å². The summed E-state index contributed by atoms with van der Waals surface area (Å²) in [4.78, 5) is 25.7. The van der Waals surface area contributed by atoms with E-state index in [0.717, 1.165) is 6.20 Å². The Balaban J connectivity index is 3.31. The van der Waals surface area contributed by atoms with E-state index in [1.807, 2.05) is 4.98 Å². The van der Waals surface area contributed by atoms with Gasteiger partial charge in [-0.1, -0.05) is 0 Å². The highest BCUT2D eigenvalue weighted by atomic mass is 16.4. The maximum atomic E-state index is 10.4. The van der Waals surface area contributed by atoms with Crippen LogP contribution in [0.4, 0.5) is 5.82 Å². The lowest BCUT2D eigenvalue weighted by atomic mass is 10.3. The number of nitrogens with one attached hydrogen (secondary N) is 1. The minimum Gasteiger partial charge on any atom is -0.545 e. The number of hydrogen-bond donors (Lipinski definition) is 2. The summed E-state index contributed by atoms with van der Waals surface area (Å²) in [6, 6.07) is 0. The highest BCUT2D eigenvalue weighted by Crippen LogP contribution is 1.99. The van der Waals surface area contributed by atoms with Crippen molar-refractivity contribution in [3.63, 3.8) is 0 Å². The molecule has 0 amide bonds. The molecule has 0 bridgehead atoms. The quantitative estimate of drug-likeness (QED) is 0.473. The third-order valence-electron chi connectivity index (χ3n) is 1.06. The number of carbonyl (C=O) groups is 1. The van der Waals surface area contributed by atoms with Crippen LogP contribution < -0.4 is 16.5 Å². The number of carbonyl (C=O) groups excluding carboxylic acids is 1. The lowest BCUT2D eigenvalue weighted by molar-refractivity contribution is -0.254. The first-order chi connectivity index (χ1) is 5.11. The second kappa shape index (κ2) is 2.41. The Bertz CT molecular complexity index is 343. The Kier molecular flexibility index (Phi) is 1.59.